The summed E-state index contributed by atoms with van der Waals surface area (Å²) in [6.45, 7) is 7.04. The minimum atomic E-state index is -0.883. The molecule has 2 amide bonds. The molecule has 7 nitrogen and oxygen atoms in total. The molecule has 148 valence electrons. The van der Waals surface area contributed by atoms with Crippen LogP contribution in [0.25, 0.3) is 0 Å². The number of benzene rings is 2. The molecule has 0 atom stereocenters. The van der Waals surface area contributed by atoms with Gasteiger partial charge in [0.15, 0.2) is 0 Å². The van der Waals surface area contributed by atoms with E-state index in [1.54, 1.807) is 26.8 Å². The first-order valence-corrected chi connectivity index (χ1v) is 8.73. The Labute approximate surface area is 162 Å². The fourth-order valence-electron chi connectivity index (χ4n) is 2.48. The van der Waals surface area contributed by atoms with Crippen molar-refractivity contribution in [1.29, 1.82) is 0 Å². The first kappa shape index (κ1) is 21.2. The van der Waals surface area contributed by atoms with Crippen molar-refractivity contribution in [3.8, 4) is 0 Å². The zero-order valence-corrected chi connectivity index (χ0v) is 16.2. The van der Waals surface area contributed by atoms with E-state index in [-0.39, 0.29) is 16.8 Å². The van der Waals surface area contributed by atoms with E-state index in [1.807, 2.05) is 6.92 Å². The fraction of sp³-hybridized carbons (Fsp3) is 0.300. The number of rotatable bonds is 5. The summed E-state index contributed by atoms with van der Waals surface area (Å²) < 4.78 is 14.4. The number of aryl methyl sites for hydroxylation is 1. The second-order valence-corrected chi connectivity index (χ2v) is 7.28. The molecule has 2 aromatic carbocycles. The van der Waals surface area contributed by atoms with Gasteiger partial charge in [0.05, 0.1) is 10.5 Å². The van der Waals surface area contributed by atoms with E-state index in [1.165, 1.54) is 30.3 Å². The average molecular weight is 387 g/mol. The van der Waals surface area contributed by atoms with Gasteiger partial charge in [-0.15, -0.1) is 0 Å². The fourth-order valence-corrected chi connectivity index (χ4v) is 2.48. The molecule has 0 spiro atoms. The molecule has 1 N–H and O–H groups in total. The zero-order valence-electron chi connectivity index (χ0n) is 16.2. The van der Waals surface area contributed by atoms with Crippen molar-refractivity contribution in [2.24, 2.45) is 0 Å². The maximum Gasteiger partial charge on any atom is 0.278 e. The van der Waals surface area contributed by atoms with Gasteiger partial charge >= 0.3 is 0 Å². The summed E-state index contributed by atoms with van der Waals surface area (Å²) >= 11 is 0. The Morgan fingerprint density at radius 2 is 1.82 bits per heavy atom. The Bertz CT molecular complexity index is 922. The van der Waals surface area contributed by atoms with Gasteiger partial charge in [-0.1, -0.05) is 19.1 Å². The topological polar surface area (TPSA) is 92.6 Å². The number of nitrogens with zero attached hydrogens (tertiary/aromatic N) is 2. The summed E-state index contributed by atoms with van der Waals surface area (Å²) in [6, 6.07) is 9.21. The number of halogens is 1. The van der Waals surface area contributed by atoms with Crippen LogP contribution in [-0.4, -0.2) is 27.3 Å². The standard InChI is InChI=1S/C20H22FN3O4/c1-5-13-9-10-16(17(21)11-13)19(26)23(22-20(2,3)4)18(25)14-7-6-8-15(12-14)24(27)28/h6-12,22H,5H2,1-4H3. The Hall–Kier alpha value is -3.13. The van der Waals surface area contributed by atoms with Gasteiger partial charge < -0.3 is 0 Å². The molecule has 2 aromatic rings. The smallest absolute Gasteiger partial charge is 0.267 e. The number of hydrazine groups is 1. The van der Waals surface area contributed by atoms with Gasteiger partial charge in [-0.3, -0.25) is 19.7 Å². The minimum absolute atomic E-state index is 0.0649. The number of carbonyl (C=O) groups is 2. The molecule has 0 saturated heterocycles. The van der Waals surface area contributed by atoms with Crippen molar-refractivity contribution in [1.82, 2.24) is 10.4 Å². The first-order chi connectivity index (χ1) is 13.0. The van der Waals surface area contributed by atoms with E-state index < -0.39 is 28.1 Å². The zero-order chi connectivity index (χ0) is 21.1. The Balaban J connectivity index is 2.47. The Kier molecular flexibility index (Phi) is 6.25. The van der Waals surface area contributed by atoms with Gasteiger partial charge in [-0.2, -0.15) is 0 Å². The van der Waals surface area contributed by atoms with E-state index >= 15 is 0 Å². The third-order valence-corrected chi connectivity index (χ3v) is 3.83. The molecule has 0 aliphatic heterocycles. The van der Waals surface area contributed by atoms with Crippen molar-refractivity contribution >= 4 is 17.5 Å². The average Bonchev–Trinajstić information content (AvgIpc) is 2.64. The molecule has 0 fully saturated rings. The molecule has 0 aliphatic carbocycles. The Morgan fingerprint density at radius 3 is 2.36 bits per heavy atom. The largest absolute Gasteiger partial charge is 0.278 e. The van der Waals surface area contributed by atoms with Crippen LogP contribution >= 0.6 is 0 Å². The van der Waals surface area contributed by atoms with Crippen molar-refractivity contribution in [2.45, 2.75) is 39.7 Å². The van der Waals surface area contributed by atoms with Crippen molar-refractivity contribution in [2.75, 3.05) is 0 Å². The molecule has 0 radical (unpaired) electrons. The molecule has 0 heterocycles. The highest BCUT2D eigenvalue weighted by Gasteiger charge is 2.30. The number of nitro groups is 1. The SMILES string of the molecule is CCc1ccc(C(=O)N(NC(C)(C)C)C(=O)c2cccc([N+](=O)[O-])c2)c(F)c1. The van der Waals surface area contributed by atoms with E-state index in [9.17, 15) is 24.1 Å². The van der Waals surface area contributed by atoms with Crippen LogP contribution < -0.4 is 5.43 Å². The number of carbonyl (C=O) groups excluding carboxylic acids is 2. The normalized spacial score (nSPS) is 11.2. The van der Waals surface area contributed by atoms with E-state index in [2.05, 4.69) is 5.43 Å². The lowest BCUT2D eigenvalue weighted by molar-refractivity contribution is -0.384. The molecular weight excluding hydrogens is 365 g/mol. The third-order valence-electron chi connectivity index (χ3n) is 3.83. The molecule has 0 aromatic heterocycles. The predicted octanol–water partition coefficient (Wildman–Crippen LogP) is 3.88. The molecule has 0 unspecified atom stereocenters. The van der Waals surface area contributed by atoms with E-state index in [0.717, 1.165) is 11.6 Å². The van der Waals surface area contributed by atoms with Gasteiger partial charge in [-0.25, -0.2) is 14.8 Å². The number of non-ortho nitro benzene ring substituents is 1. The minimum Gasteiger partial charge on any atom is -0.267 e. The number of amides is 2. The van der Waals surface area contributed by atoms with Crippen LogP contribution in [0.2, 0.25) is 0 Å². The monoisotopic (exact) mass is 387 g/mol. The molecule has 28 heavy (non-hydrogen) atoms. The third kappa shape index (κ3) is 4.98. The van der Waals surface area contributed by atoms with Crippen LogP contribution in [0.1, 0.15) is 54.0 Å². The highest BCUT2D eigenvalue weighted by molar-refractivity contribution is 6.10. The summed E-state index contributed by atoms with van der Waals surface area (Å²) in [7, 11) is 0. The number of hydrogen-bond donors (Lipinski definition) is 1. The number of nitrogens with one attached hydrogen (secondary N) is 1. The van der Waals surface area contributed by atoms with Crippen LogP contribution in [0.5, 0.6) is 0 Å². The van der Waals surface area contributed by atoms with Crippen LogP contribution in [0.3, 0.4) is 0 Å². The first-order valence-electron chi connectivity index (χ1n) is 8.73. The lowest BCUT2D eigenvalue weighted by atomic mass is 10.1. The summed E-state index contributed by atoms with van der Waals surface area (Å²) in [5.41, 5.74) is 2.15. The van der Waals surface area contributed by atoms with Crippen LogP contribution in [0, 0.1) is 15.9 Å². The van der Waals surface area contributed by atoms with Gasteiger partial charge in [0.1, 0.15) is 5.82 Å². The van der Waals surface area contributed by atoms with Crippen LogP contribution in [0.15, 0.2) is 42.5 Å². The predicted molar refractivity (Wildman–Crippen MR) is 102 cm³/mol. The van der Waals surface area contributed by atoms with Gasteiger partial charge in [0.2, 0.25) is 0 Å². The molecule has 0 saturated carbocycles. The second-order valence-electron chi connectivity index (χ2n) is 7.28. The maximum absolute atomic E-state index is 14.4. The van der Waals surface area contributed by atoms with Gasteiger partial charge in [0.25, 0.3) is 17.5 Å². The number of hydrogen-bond acceptors (Lipinski definition) is 5. The molecular formula is C20H22FN3O4. The molecule has 2 rings (SSSR count). The van der Waals surface area contributed by atoms with Gasteiger partial charge in [0, 0.05) is 23.2 Å². The number of imide groups is 1. The summed E-state index contributed by atoms with van der Waals surface area (Å²) in [6.07, 6.45) is 0.599. The molecule has 0 aliphatic rings. The lowest BCUT2D eigenvalue weighted by Crippen LogP contribution is -2.55. The second kappa shape index (κ2) is 8.26. The number of nitro benzene ring substituents is 1. The summed E-state index contributed by atoms with van der Waals surface area (Å²) in [5, 5.41) is 11.7. The van der Waals surface area contributed by atoms with Crippen LogP contribution in [-0.2, 0) is 6.42 Å². The maximum atomic E-state index is 14.4. The molecule has 0 bridgehead atoms. The van der Waals surface area contributed by atoms with Crippen molar-refractivity contribution < 1.29 is 18.9 Å². The summed E-state index contributed by atoms with van der Waals surface area (Å²) in [5.74, 6) is -2.44. The highest BCUT2D eigenvalue weighted by atomic mass is 19.1. The quantitative estimate of drug-likeness (QED) is 0.477. The highest BCUT2D eigenvalue weighted by Crippen LogP contribution is 2.19. The lowest BCUT2D eigenvalue weighted by Gasteiger charge is -2.30. The van der Waals surface area contributed by atoms with Crippen molar-refractivity contribution in [3.63, 3.8) is 0 Å². The molecule has 8 heteroatoms. The van der Waals surface area contributed by atoms with Gasteiger partial charge in [-0.05, 0) is 51.0 Å². The van der Waals surface area contributed by atoms with E-state index in [0.29, 0.717) is 11.4 Å². The summed E-state index contributed by atoms with van der Waals surface area (Å²) in [4.78, 5) is 36.2. The van der Waals surface area contributed by atoms with Crippen LogP contribution in [0.4, 0.5) is 10.1 Å². The van der Waals surface area contributed by atoms with E-state index in [4.69, 9.17) is 0 Å². The Morgan fingerprint density at radius 1 is 1.14 bits per heavy atom. The van der Waals surface area contributed by atoms with Crippen molar-refractivity contribution in [3.05, 3.63) is 75.1 Å².